The van der Waals surface area contributed by atoms with Crippen LogP contribution >= 0.6 is 0 Å². The minimum Gasteiger partial charge on any atom is -0.465 e. The van der Waals surface area contributed by atoms with Gasteiger partial charge in [-0.25, -0.2) is 4.79 Å². The fourth-order valence-corrected chi connectivity index (χ4v) is 4.34. The molecule has 0 aliphatic carbocycles. The molecule has 0 spiro atoms. The van der Waals surface area contributed by atoms with E-state index < -0.39 is 0 Å². The third kappa shape index (κ3) is 5.70. The number of amides is 2. The van der Waals surface area contributed by atoms with Crippen LogP contribution in [0.4, 0.5) is 4.79 Å². The Labute approximate surface area is 173 Å². The Morgan fingerprint density at radius 2 is 1.62 bits per heavy atom. The maximum absolute atomic E-state index is 13.0. The molecule has 2 amide bonds. The topological polar surface area (TPSA) is 79.1 Å². The predicted octanol–water partition coefficient (Wildman–Crippen LogP) is 1.57. The van der Waals surface area contributed by atoms with E-state index in [1.807, 2.05) is 22.8 Å². The van der Waals surface area contributed by atoms with Gasteiger partial charge < -0.3 is 20.3 Å². The third-order valence-corrected chi connectivity index (χ3v) is 6.25. The lowest BCUT2D eigenvalue weighted by Gasteiger charge is -2.44. The number of hydrogen-bond donors (Lipinski definition) is 1. The van der Waals surface area contributed by atoms with Crippen LogP contribution in [0.25, 0.3) is 0 Å². The number of piperazine rings is 1. The molecule has 2 aliphatic heterocycles. The van der Waals surface area contributed by atoms with Crippen LogP contribution in [0, 0.1) is 5.41 Å². The van der Waals surface area contributed by atoms with Gasteiger partial charge in [-0.05, 0) is 43.7 Å². The molecule has 0 atom stereocenters. The minimum atomic E-state index is -0.195. The molecule has 2 fully saturated rings. The van der Waals surface area contributed by atoms with Gasteiger partial charge in [-0.2, -0.15) is 0 Å². The highest BCUT2D eigenvalue weighted by atomic mass is 16.5. The third-order valence-electron chi connectivity index (χ3n) is 6.25. The molecule has 160 valence electrons. The summed E-state index contributed by atoms with van der Waals surface area (Å²) in [4.78, 5) is 30.5. The highest BCUT2D eigenvalue weighted by molar-refractivity contribution is 5.75. The molecular weight excluding hydrogens is 368 g/mol. The molecule has 1 aromatic rings. The van der Waals surface area contributed by atoms with Crippen LogP contribution < -0.4 is 5.73 Å². The molecule has 0 bridgehead atoms. The number of esters is 1. The molecule has 2 aliphatic rings. The molecule has 0 saturated carbocycles. The van der Waals surface area contributed by atoms with Crippen molar-refractivity contribution in [1.29, 1.82) is 0 Å². The summed E-state index contributed by atoms with van der Waals surface area (Å²) in [6.45, 7) is 7.40. The fourth-order valence-electron chi connectivity index (χ4n) is 4.34. The lowest BCUT2D eigenvalue weighted by Crippen LogP contribution is -2.56. The Kier molecular flexibility index (Phi) is 7.50. The van der Waals surface area contributed by atoms with Gasteiger partial charge in [0.1, 0.15) is 0 Å². The number of benzene rings is 1. The molecule has 7 heteroatoms. The van der Waals surface area contributed by atoms with Crippen molar-refractivity contribution in [3.05, 3.63) is 35.9 Å². The molecule has 3 rings (SSSR count). The zero-order valence-corrected chi connectivity index (χ0v) is 17.5. The number of likely N-dealkylation sites (tertiary alicyclic amines) is 1. The van der Waals surface area contributed by atoms with Crippen molar-refractivity contribution in [2.75, 3.05) is 59.0 Å². The highest BCUT2D eigenvalue weighted by Crippen LogP contribution is 2.34. The lowest BCUT2D eigenvalue weighted by molar-refractivity contribution is -0.144. The van der Waals surface area contributed by atoms with E-state index in [9.17, 15) is 9.59 Å². The summed E-state index contributed by atoms with van der Waals surface area (Å²) in [7, 11) is 0. The Morgan fingerprint density at radius 1 is 1.00 bits per heavy atom. The zero-order valence-electron chi connectivity index (χ0n) is 17.5. The van der Waals surface area contributed by atoms with Crippen LogP contribution in [0.5, 0.6) is 0 Å². The number of carbonyl (C=O) groups excluding carboxylic acids is 2. The van der Waals surface area contributed by atoms with Gasteiger partial charge in [0, 0.05) is 39.3 Å². The molecule has 2 N–H and O–H groups in total. The summed E-state index contributed by atoms with van der Waals surface area (Å²) >= 11 is 0. The van der Waals surface area contributed by atoms with Crippen molar-refractivity contribution in [2.24, 2.45) is 11.1 Å². The van der Waals surface area contributed by atoms with Gasteiger partial charge in [0.25, 0.3) is 0 Å². The van der Waals surface area contributed by atoms with E-state index >= 15 is 0 Å². The number of rotatable bonds is 6. The monoisotopic (exact) mass is 402 g/mol. The largest absolute Gasteiger partial charge is 0.465 e. The zero-order chi connectivity index (χ0) is 20.7. The molecule has 7 nitrogen and oxygen atoms in total. The summed E-state index contributed by atoms with van der Waals surface area (Å²) < 4.78 is 5.01. The van der Waals surface area contributed by atoms with Crippen molar-refractivity contribution < 1.29 is 14.3 Å². The van der Waals surface area contributed by atoms with E-state index in [1.165, 1.54) is 5.56 Å². The Balaban J connectivity index is 1.47. The van der Waals surface area contributed by atoms with Crippen LogP contribution in [-0.2, 0) is 16.0 Å². The summed E-state index contributed by atoms with van der Waals surface area (Å²) in [5, 5.41) is 0. The first-order chi connectivity index (χ1) is 14.0. The second kappa shape index (κ2) is 10.1. The van der Waals surface area contributed by atoms with E-state index in [0.29, 0.717) is 45.9 Å². The van der Waals surface area contributed by atoms with Crippen LogP contribution in [0.2, 0.25) is 0 Å². The second-order valence-electron chi connectivity index (χ2n) is 8.20. The maximum Gasteiger partial charge on any atom is 0.320 e. The van der Waals surface area contributed by atoms with Gasteiger partial charge in [-0.15, -0.1) is 0 Å². The second-order valence-corrected chi connectivity index (χ2v) is 8.20. The van der Waals surface area contributed by atoms with E-state index in [-0.39, 0.29) is 17.4 Å². The number of carbonyl (C=O) groups is 2. The summed E-state index contributed by atoms with van der Waals surface area (Å²) in [5.74, 6) is -0.195. The number of nitrogens with two attached hydrogens (primary N) is 1. The number of urea groups is 1. The lowest BCUT2D eigenvalue weighted by atomic mass is 9.74. The molecule has 0 radical (unpaired) electrons. The molecular formula is C22H34N4O3. The summed E-state index contributed by atoms with van der Waals surface area (Å²) in [6, 6.07) is 10.6. The van der Waals surface area contributed by atoms with Gasteiger partial charge in [-0.1, -0.05) is 30.3 Å². The Bertz CT molecular complexity index is 666. The van der Waals surface area contributed by atoms with Gasteiger partial charge in [0.05, 0.1) is 13.2 Å². The fraction of sp³-hybridized carbons (Fsp3) is 0.636. The first-order valence-corrected chi connectivity index (χ1v) is 10.7. The normalized spacial score (nSPS) is 19.8. The van der Waals surface area contributed by atoms with Crippen LogP contribution in [-0.4, -0.2) is 85.7 Å². The van der Waals surface area contributed by atoms with Crippen LogP contribution in [0.1, 0.15) is 25.3 Å². The van der Waals surface area contributed by atoms with Crippen LogP contribution in [0.3, 0.4) is 0 Å². The van der Waals surface area contributed by atoms with Gasteiger partial charge in [0.15, 0.2) is 0 Å². The van der Waals surface area contributed by atoms with Crippen molar-refractivity contribution in [1.82, 2.24) is 14.7 Å². The minimum absolute atomic E-state index is 0.0798. The molecule has 1 aromatic carbocycles. The highest BCUT2D eigenvalue weighted by Gasteiger charge is 2.36. The van der Waals surface area contributed by atoms with Gasteiger partial charge >= 0.3 is 12.0 Å². The quantitative estimate of drug-likeness (QED) is 0.731. The standard InChI is InChI=1S/C22H34N4O3/c1-2-29-20(27)17-24-12-14-26(15-13-24)21(28)25-10-8-22(18-23,9-11-25)16-19-6-4-3-5-7-19/h3-7H,2,8-18,23H2,1H3. The number of hydrogen-bond acceptors (Lipinski definition) is 5. The molecule has 0 unspecified atom stereocenters. The first kappa shape index (κ1) is 21.6. The predicted molar refractivity (Wildman–Crippen MR) is 112 cm³/mol. The number of piperidine rings is 1. The van der Waals surface area contributed by atoms with Crippen molar-refractivity contribution in [2.45, 2.75) is 26.2 Å². The van der Waals surface area contributed by atoms with E-state index in [4.69, 9.17) is 10.5 Å². The molecule has 0 aromatic heterocycles. The SMILES string of the molecule is CCOC(=O)CN1CCN(C(=O)N2CCC(CN)(Cc3ccccc3)CC2)CC1. The first-order valence-electron chi connectivity index (χ1n) is 10.7. The van der Waals surface area contributed by atoms with E-state index in [1.54, 1.807) is 0 Å². The van der Waals surface area contributed by atoms with E-state index in [2.05, 4.69) is 29.2 Å². The number of ether oxygens (including phenoxy) is 1. The Morgan fingerprint density at radius 3 is 2.21 bits per heavy atom. The molecule has 29 heavy (non-hydrogen) atoms. The van der Waals surface area contributed by atoms with Crippen molar-refractivity contribution in [3.8, 4) is 0 Å². The van der Waals surface area contributed by atoms with Crippen LogP contribution in [0.15, 0.2) is 30.3 Å². The van der Waals surface area contributed by atoms with E-state index in [0.717, 1.165) is 32.4 Å². The smallest absolute Gasteiger partial charge is 0.320 e. The average molecular weight is 403 g/mol. The number of nitrogens with zero attached hydrogens (tertiary/aromatic N) is 3. The Hall–Kier alpha value is -2.12. The molecule has 2 saturated heterocycles. The summed E-state index contributed by atoms with van der Waals surface area (Å²) in [5.41, 5.74) is 7.56. The van der Waals surface area contributed by atoms with Crippen molar-refractivity contribution in [3.63, 3.8) is 0 Å². The van der Waals surface area contributed by atoms with Gasteiger partial charge in [-0.3, -0.25) is 9.69 Å². The summed E-state index contributed by atoms with van der Waals surface area (Å²) in [6.07, 6.45) is 2.85. The van der Waals surface area contributed by atoms with Gasteiger partial charge in [0.2, 0.25) is 0 Å². The maximum atomic E-state index is 13.0. The van der Waals surface area contributed by atoms with Crippen molar-refractivity contribution >= 4 is 12.0 Å². The average Bonchev–Trinajstić information content (AvgIpc) is 2.75. The molecule has 2 heterocycles.